The quantitative estimate of drug-likeness (QED) is 0.780. The Morgan fingerprint density at radius 1 is 1.11 bits per heavy atom. The maximum Gasteiger partial charge on any atom is 0.182 e. The number of hydrogen-bond donors (Lipinski definition) is 0. The topological polar surface area (TPSA) is 23.6 Å². The lowest BCUT2D eigenvalue weighted by molar-refractivity contribution is 0.0868. The zero-order chi connectivity index (χ0) is 14.0. The molecule has 0 spiro atoms. The Bertz CT molecular complexity index is 462. The first-order valence-electron chi connectivity index (χ1n) is 6.06. The molecule has 0 amide bonds. The molecule has 19 heavy (non-hydrogen) atoms. The molecule has 0 N–H and O–H groups in total. The second kappa shape index (κ2) is 5.71. The van der Waals surface area contributed by atoms with E-state index < -0.39 is 28.8 Å². The third-order valence-electron chi connectivity index (χ3n) is 3.25. The SMILES string of the molecule is CN1CCN(CC(=O)c2c(F)cc(F)cc2F)CC1. The molecule has 0 atom stereocenters. The van der Waals surface area contributed by atoms with E-state index in [9.17, 15) is 18.0 Å². The van der Waals surface area contributed by atoms with Crippen molar-refractivity contribution < 1.29 is 18.0 Å². The molecule has 0 saturated carbocycles. The van der Waals surface area contributed by atoms with Crippen molar-refractivity contribution in [3.63, 3.8) is 0 Å². The van der Waals surface area contributed by atoms with Crippen LogP contribution in [0.2, 0.25) is 0 Å². The lowest BCUT2D eigenvalue weighted by Crippen LogP contribution is -2.46. The summed E-state index contributed by atoms with van der Waals surface area (Å²) in [5.74, 6) is -3.96. The van der Waals surface area contributed by atoms with Crippen molar-refractivity contribution in [3.05, 3.63) is 35.1 Å². The molecule has 1 aromatic rings. The molecule has 0 unspecified atom stereocenters. The summed E-state index contributed by atoms with van der Waals surface area (Å²) in [4.78, 5) is 15.8. The van der Waals surface area contributed by atoms with E-state index in [0.29, 0.717) is 25.2 Å². The highest BCUT2D eigenvalue weighted by Crippen LogP contribution is 2.16. The number of ketones is 1. The number of rotatable bonds is 3. The number of piperazine rings is 1. The smallest absolute Gasteiger partial charge is 0.182 e. The molecule has 0 bridgehead atoms. The van der Waals surface area contributed by atoms with Crippen LogP contribution in [0.3, 0.4) is 0 Å². The van der Waals surface area contributed by atoms with Crippen LogP contribution in [-0.2, 0) is 0 Å². The fourth-order valence-corrected chi connectivity index (χ4v) is 2.10. The number of halogens is 3. The Balaban J connectivity index is 2.08. The van der Waals surface area contributed by atoms with Gasteiger partial charge in [0.1, 0.15) is 17.5 Å². The summed E-state index contributed by atoms with van der Waals surface area (Å²) in [5, 5.41) is 0. The molecule has 1 fully saturated rings. The lowest BCUT2D eigenvalue weighted by Gasteiger charge is -2.31. The van der Waals surface area contributed by atoms with Crippen LogP contribution in [0, 0.1) is 17.5 Å². The summed E-state index contributed by atoms with van der Waals surface area (Å²) in [5.41, 5.74) is -0.652. The van der Waals surface area contributed by atoms with Crippen LogP contribution in [0.25, 0.3) is 0 Å². The van der Waals surface area contributed by atoms with Gasteiger partial charge in [0.05, 0.1) is 12.1 Å². The minimum absolute atomic E-state index is 0.0483. The minimum Gasteiger partial charge on any atom is -0.304 e. The monoisotopic (exact) mass is 272 g/mol. The summed E-state index contributed by atoms with van der Waals surface area (Å²) < 4.78 is 39.7. The zero-order valence-corrected chi connectivity index (χ0v) is 10.6. The van der Waals surface area contributed by atoms with Crippen LogP contribution in [0.4, 0.5) is 13.2 Å². The molecule has 1 aliphatic heterocycles. The first kappa shape index (κ1) is 14.0. The average molecular weight is 272 g/mol. The predicted octanol–water partition coefficient (Wildman–Crippen LogP) is 1.53. The summed E-state index contributed by atoms with van der Waals surface area (Å²) >= 11 is 0. The maximum absolute atomic E-state index is 13.5. The molecule has 104 valence electrons. The van der Waals surface area contributed by atoms with Crippen molar-refractivity contribution in [2.75, 3.05) is 39.8 Å². The molecule has 0 aromatic heterocycles. The first-order valence-corrected chi connectivity index (χ1v) is 6.06. The van der Waals surface area contributed by atoms with E-state index in [4.69, 9.17) is 0 Å². The van der Waals surface area contributed by atoms with E-state index >= 15 is 0 Å². The number of Topliss-reactive ketones (excluding diaryl/α,β-unsaturated/α-hetero) is 1. The highest BCUT2D eigenvalue weighted by atomic mass is 19.1. The predicted molar refractivity (Wildman–Crippen MR) is 64.6 cm³/mol. The van der Waals surface area contributed by atoms with Crippen LogP contribution in [-0.4, -0.2) is 55.4 Å². The fourth-order valence-electron chi connectivity index (χ4n) is 2.10. The second-order valence-corrected chi connectivity index (χ2v) is 4.75. The van der Waals surface area contributed by atoms with Gasteiger partial charge >= 0.3 is 0 Å². The number of nitrogens with zero attached hydrogens (tertiary/aromatic N) is 2. The Hall–Kier alpha value is -1.40. The van der Waals surface area contributed by atoms with E-state index in [1.165, 1.54) is 0 Å². The molecule has 0 radical (unpaired) electrons. The van der Waals surface area contributed by atoms with Gasteiger partial charge in [0.25, 0.3) is 0 Å². The standard InChI is InChI=1S/C13H15F3N2O/c1-17-2-4-18(5-3-17)8-12(19)13-10(15)6-9(14)7-11(13)16/h6-7H,2-5,8H2,1H3. The molecule has 1 aliphatic rings. The van der Waals surface area contributed by atoms with Gasteiger partial charge < -0.3 is 4.90 Å². The summed E-state index contributed by atoms with van der Waals surface area (Å²) in [6.45, 7) is 2.91. The number of carbonyl (C=O) groups excluding carboxylic acids is 1. The number of hydrogen-bond acceptors (Lipinski definition) is 3. The summed E-state index contributed by atoms with van der Waals surface area (Å²) in [6.07, 6.45) is 0. The molecule has 1 aromatic carbocycles. The van der Waals surface area contributed by atoms with Gasteiger partial charge in [-0.25, -0.2) is 13.2 Å². The van der Waals surface area contributed by atoms with Crippen LogP contribution >= 0.6 is 0 Å². The normalized spacial score (nSPS) is 17.7. The third-order valence-corrected chi connectivity index (χ3v) is 3.25. The minimum atomic E-state index is -1.14. The third kappa shape index (κ3) is 3.33. The Kier molecular flexibility index (Phi) is 4.21. The Morgan fingerprint density at radius 3 is 2.16 bits per heavy atom. The van der Waals surface area contributed by atoms with Gasteiger partial charge in [-0.3, -0.25) is 9.69 Å². The van der Waals surface area contributed by atoms with Gasteiger partial charge in [0.2, 0.25) is 0 Å². The molecular weight excluding hydrogens is 257 g/mol. The second-order valence-electron chi connectivity index (χ2n) is 4.75. The van der Waals surface area contributed by atoms with Gasteiger partial charge in [0.15, 0.2) is 5.78 Å². The Labute approximate surface area is 109 Å². The summed E-state index contributed by atoms with van der Waals surface area (Å²) in [7, 11) is 1.97. The fraction of sp³-hybridized carbons (Fsp3) is 0.462. The van der Waals surface area contributed by atoms with Gasteiger partial charge in [-0.15, -0.1) is 0 Å². The van der Waals surface area contributed by atoms with E-state index in [0.717, 1.165) is 13.1 Å². The van der Waals surface area contributed by atoms with Crippen molar-refractivity contribution in [1.82, 2.24) is 9.80 Å². The Morgan fingerprint density at radius 2 is 1.63 bits per heavy atom. The molecule has 6 heteroatoms. The molecule has 1 heterocycles. The van der Waals surface area contributed by atoms with E-state index in [1.54, 1.807) is 0 Å². The van der Waals surface area contributed by atoms with Gasteiger partial charge in [0, 0.05) is 38.3 Å². The van der Waals surface area contributed by atoms with Crippen molar-refractivity contribution in [1.29, 1.82) is 0 Å². The summed E-state index contributed by atoms with van der Waals surface area (Å²) in [6, 6.07) is 1.06. The van der Waals surface area contributed by atoms with E-state index in [1.807, 2.05) is 11.9 Å². The van der Waals surface area contributed by atoms with E-state index in [2.05, 4.69) is 4.90 Å². The largest absolute Gasteiger partial charge is 0.304 e. The average Bonchev–Trinajstić information content (AvgIpc) is 2.30. The maximum atomic E-state index is 13.5. The van der Waals surface area contributed by atoms with E-state index in [-0.39, 0.29) is 6.54 Å². The number of carbonyl (C=O) groups is 1. The van der Waals surface area contributed by atoms with Crippen LogP contribution in [0.5, 0.6) is 0 Å². The molecule has 0 aliphatic carbocycles. The number of benzene rings is 1. The van der Waals surface area contributed by atoms with Crippen LogP contribution in [0.1, 0.15) is 10.4 Å². The number of likely N-dealkylation sites (N-methyl/N-ethyl adjacent to an activating group) is 1. The van der Waals surface area contributed by atoms with Crippen LogP contribution < -0.4 is 0 Å². The first-order chi connectivity index (χ1) is 8.97. The molecule has 1 saturated heterocycles. The molecular formula is C13H15F3N2O. The van der Waals surface area contributed by atoms with Crippen molar-refractivity contribution in [3.8, 4) is 0 Å². The molecule has 2 rings (SSSR count). The van der Waals surface area contributed by atoms with Crippen molar-refractivity contribution >= 4 is 5.78 Å². The van der Waals surface area contributed by atoms with Crippen molar-refractivity contribution in [2.45, 2.75) is 0 Å². The lowest BCUT2D eigenvalue weighted by atomic mass is 10.1. The highest BCUT2D eigenvalue weighted by molar-refractivity contribution is 5.98. The van der Waals surface area contributed by atoms with Crippen LogP contribution in [0.15, 0.2) is 12.1 Å². The van der Waals surface area contributed by atoms with Gasteiger partial charge in [-0.2, -0.15) is 0 Å². The zero-order valence-electron chi connectivity index (χ0n) is 10.6. The van der Waals surface area contributed by atoms with Gasteiger partial charge in [-0.05, 0) is 7.05 Å². The highest BCUT2D eigenvalue weighted by Gasteiger charge is 2.22. The molecule has 3 nitrogen and oxygen atoms in total. The van der Waals surface area contributed by atoms with Crippen molar-refractivity contribution in [2.24, 2.45) is 0 Å². The van der Waals surface area contributed by atoms with Gasteiger partial charge in [-0.1, -0.05) is 0 Å².